The zero-order valence-corrected chi connectivity index (χ0v) is 18.3. The van der Waals surface area contributed by atoms with Crippen LogP contribution in [-0.2, 0) is 16.7 Å². The molecule has 0 aliphatic carbocycles. The smallest absolute Gasteiger partial charge is 0.288 e. The van der Waals surface area contributed by atoms with Crippen LogP contribution in [-0.4, -0.2) is 53.6 Å². The summed E-state index contributed by atoms with van der Waals surface area (Å²) in [7, 11) is -3.54. The maximum Gasteiger partial charge on any atom is 0.288 e. The van der Waals surface area contributed by atoms with E-state index in [2.05, 4.69) is 16.9 Å². The minimum Gasteiger partial charge on any atom is -0.409 e. The van der Waals surface area contributed by atoms with Crippen LogP contribution in [0.5, 0.6) is 0 Å². The van der Waals surface area contributed by atoms with Crippen molar-refractivity contribution in [3.8, 4) is 11.5 Å². The SMILES string of the molecule is CCN(CC)S(=O)(=O)c1cccc(-c2nn(CN3CCC(C)CC3)c(=S)o2)c1. The topological polar surface area (TPSA) is 71.6 Å². The first-order chi connectivity index (χ1) is 13.3. The number of benzene rings is 1. The van der Waals surface area contributed by atoms with Crippen LogP contribution in [0.15, 0.2) is 33.6 Å². The number of nitrogens with zero attached hydrogens (tertiary/aromatic N) is 4. The van der Waals surface area contributed by atoms with Crippen molar-refractivity contribution in [1.82, 2.24) is 19.0 Å². The van der Waals surface area contributed by atoms with Crippen LogP contribution in [0.3, 0.4) is 0 Å². The zero-order valence-electron chi connectivity index (χ0n) is 16.7. The third-order valence-corrected chi connectivity index (χ3v) is 7.58. The Morgan fingerprint density at radius 1 is 1.25 bits per heavy atom. The Kier molecular flexibility index (Phi) is 6.69. The van der Waals surface area contributed by atoms with E-state index in [0.717, 1.165) is 19.0 Å². The molecular formula is C19H28N4O3S2. The molecule has 28 heavy (non-hydrogen) atoms. The minimum atomic E-state index is -3.54. The molecule has 0 atom stereocenters. The van der Waals surface area contributed by atoms with Gasteiger partial charge in [0, 0.05) is 31.7 Å². The second-order valence-electron chi connectivity index (χ2n) is 7.23. The summed E-state index contributed by atoms with van der Waals surface area (Å²) in [5.41, 5.74) is 0.602. The predicted molar refractivity (Wildman–Crippen MR) is 111 cm³/mol. The highest BCUT2D eigenvalue weighted by molar-refractivity contribution is 7.89. The number of likely N-dealkylation sites (tertiary alicyclic amines) is 1. The summed E-state index contributed by atoms with van der Waals surface area (Å²) >= 11 is 5.33. The Hall–Kier alpha value is -1.55. The summed E-state index contributed by atoms with van der Waals surface area (Å²) < 4.78 is 34.3. The van der Waals surface area contributed by atoms with Gasteiger partial charge < -0.3 is 4.42 Å². The molecule has 0 radical (unpaired) electrons. The van der Waals surface area contributed by atoms with Crippen molar-refractivity contribution in [1.29, 1.82) is 0 Å². The first-order valence-electron chi connectivity index (χ1n) is 9.76. The van der Waals surface area contributed by atoms with Gasteiger partial charge in [-0.15, -0.1) is 5.10 Å². The molecule has 2 aromatic rings. The fourth-order valence-corrected chi connectivity index (χ4v) is 5.09. The van der Waals surface area contributed by atoms with Gasteiger partial charge in [-0.25, -0.2) is 13.1 Å². The highest BCUT2D eigenvalue weighted by atomic mass is 32.2. The Morgan fingerprint density at radius 2 is 1.93 bits per heavy atom. The second kappa shape index (κ2) is 8.86. The van der Waals surface area contributed by atoms with Crippen molar-refractivity contribution in [2.45, 2.75) is 45.2 Å². The maximum atomic E-state index is 12.8. The molecule has 1 fully saturated rings. The summed E-state index contributed by atoms with van der Waals surface area (Å²) in [4.78, 5) is 2.84. The molecule has 1 aliphatic heterocycles. The molecule has 0 N–H and O–H groups in total. The van der Waals surface area contributed by atoms with E-state index in [9.17, 15) is 8.42 Å². The largest absolute Gasteiger partial charge is 0.409 e. The Bertz CT molecular complexity index is 956. The normalized spacial score (nSPS) is 16.7. The average Bonchev–Trinajstić information content (AvgIpc) is 3.05. The number of rotatable bonds is 7. The van der Waals surface area contributed by atoms with E-state index in [0.29, 0.717) is 36.0 Å². The Balaban J connectivity index is 1.84. The van der Waals surface area contributed by atoms with Crippen LogP contribution in [0.4, 0.5) is 0 Å². The molecule has 9 heteroatoms. The molecule has 3 rings (SSSR count). The third-order valence-electron chi connectivity index (χ3n) is 5.24. The van der Waals surface area contributed by atoms with Crippen molar-refractivity contribution >= 4 is 22.2 Å². The number of aromatic nitrogens is 2. The lowest BCUT2D eigenvalue weighted by Gasteiger charge is -2.29. The van der Waals surface area contributed by atoms with Gasteiger partial charge in [-0.3, -0.25) is 4.90 Å². The lowest BCUT2D eigenvalue weighted by atomic mass is 10.00. The van der Waals surface area contributed by atoms with E-state index in [4.69, 9.17) is 16.6 Å². The fourth-order valence-electron chi connectivity index (χ4n) is 3.41. The standard InChI is InChI=1S/C19H28N4O3S2/c1-4-22(5-2)28(24,25)17-8-6-7-16(13-17)18-20-23(19(27)26-18)14-21-11-9-15(3)10-12-21/h6-8,13,15H,4-5,9-12,14H2,1-3H3. The van der Waals surface area contributed by atoms with Crippen molar-refractivity contribution in [2.24, 2.45) is 5.92 Å². The predicted octanol–water partition coefficient (Wildman–Crippen LogP) is 3.59. The van der Waals surface area contributed by atoms with E-state index in [1.54, 1.807) is 28.9 Å². The maximum absolute atomic E-state index is 12.8. The molecule has 0 unspecified atom stereocenters. The van der Waals surface area contributed by atoms with Crippen LogP contribution in [0.1, 0.15) is 33.6 Å². The Labute approximate surface area is 172 Å². The van der Waals surface area contributed by atoms with E-state index < -0.39 is 10.0 Å². The highest BCUT2D eigenvalue weighted by Crippen LogP contribution is 2.24. The van der Waals surface area contributed by atoms with Gasteiger partial charge in [-0.2, -0.15) is 4.31 Å². The molecule has 1 aliphatic rings. The van der Waals surface area contributed by atoms with Crippen molar-refractivity contribution in [2.75, 3.05) is 26.2 Å². The molecule has 1 aromatic heterocycles. The minimum absolute atomic E-state index is 0.231. The fraction of sp³-hybridized carbons (Fsp3) is 0.579. The number of hydrogen-bond donors (Lipinski definition) is 0. The summed E-state index contributed by atoms with van der Waals surface area (Å²) in [6.07, 6.45) is 2.34. The summed E-state index contributed by atoms with van der Waals surface area (Å²) in [6, 6.07) is 6.68. The summed E-state index contributed by atoms with van der Waals surface area (Å²) in [5.74, 6) is 1.10. The summed E-state index contributed by atoms with van der Waals surface area (Å²) in [6.45, 7) is 9.40. The molecule has 0 saturated carbocycles. The van der Waals surface area contributed by atoms with Crippen molar-refractivity contribution in [3.63, 3.8) is 0 Å². The van der Waals surface area contributed by atoms with Gasteiger partial charge in [0.05, 0.1) is 11.6 Å². The highest BCUT2D eigenvalue weighted by Gasteiger charge is 2.23. The van der Waals surface area contributed by atoms with Gasteiger partial charge in [-0.1, -0.05) is 26.8 Å². The molecule has 7 nitrogen and oxygen atoms in total. The van der Waals surface area contributed by atoms with Gasteiger partial charge in [0.2, 0.25) is 15.9 Å². The summed E-state index contributed by atoms with van der Waals surface area (Å²) in [5, 5.41) is 4.50. The van der Waals surface area contributed by atoms with Gasteiger partial charge in [0.15, 0.2) is 0 Å². The molecule has 1 aromatic carbocycles. The number of piperidine rings is 1. The quantitative estimate of drug-likeness (QED) is 0.633. The molecule has 0 bridgehead atoms. The van der Waals surface area contributed by atoms with E-state index >= 15 is 0 Å². The first kappa shape index (κ1) is 21.2. The van der Waals surface area contributed by atoms with Gasteiger partial charge in [0.25, 0.3) is 4.84 Å². The van der Waals surface area contributed by atoms with Gasteiger partial charge >= 0.3 is 0 Å². The first-order valence-corrected chi connectivity index (χ1v) is 11.6. The zero-order chi connectivity index (χ0) is 20.3. The lowest BCUT2D eigenvalue weighted by molar-refractivity contribution is 0.144. The van der Waals surface area contributed by atoms with Crippen LogP contribution in [0.25, 0.3) is 11.5 Å². The van der Waals surface area contributed by atoms with Crippen molar-refractivity contribution in [3.05, 3.63) is 29.1 Å². The molecule has 0 spiro atoms. The van der Waals surface area contributed by atoms with E-state index in [-0.39, 0.29) is 4.90 Å². The monoisotopic (exact) mass is 424 g/mol. The Morgan fingerprint density at radius 3 is 2.57 bits per heavy atom. The van der Waals surface area contributed by atoms with Crippen LogP contribution in [0, 0.1) is 10.8 Å². The molecule has 1 saturated heterocycles. The van der Waals surface area contributed by atoms with Crippen molar-refractivity contribution < 1.29 is 12.8 Å². The van der Waals surface area contributed by atoms with Crippen LogP contribution < -0.4 is 0 Å². The van der Waals surface area contributed by atoms with E-state index in [1.165, 1.54) is 17.1 Å². The van der Waals surface area contributed by atoms with Gasteiger partial charge in [0.1, 0.15) is 0 Å². The molecule has 154 valence electrons. The average molecular weight is 425 g/mol. The number of sulfonamides is 1. The van der Waals surface area contributed by atoms with Crippen LogP contribution >= 0.6 is 12.2 Å². The molecule has 0 amide bonds. The second-order valence-corrected chi connectivity index (χ2v) is 9.52. The van der Waals surface area contributed by atoms with E-state index in [1.807, 2.05) is 13.8 Å². The van der Waals surface area contributed by atoms with Gasteiger partial charge in [-0.05, 0) is 49.2 Å². The molecular weight excluding hydrogens is 396 g/mol. The lowest BCUT2D eigenvalue weighted by Crippen LogP contribution is -2.34. The molecule has 2 heterocycles. The van der Waals surface area contributed by atoms with Crippen LogP contribution in [0.2, 0.25) is 0 Å². The third kappa shape index (κ3) is 4.53. The number of hydrogen-bond acceptors (Lipinski definition) is 6.